The zero-order valence-corrected chi connectivity index (χ0v) is 9.84. The van der Waals surface area contributed by atoms with Crippen molar-refractivity contribution in [2.24, 2.45) is 0 Å². The van der Waals surface area contributed by atoms with Crippen LogP contribution >= 0.6 is 0 Å². The molecule has 2 rings (SSSR count). The van der Waals surface area contributed by atoms with Crippen LogP contribution in [0.2, 0.25) is 0 Å². The normalized spacial score (nSPS) is 11.0. The molecule has 1 aromatic carbocycles. The van der Waals surface area contributed by atoms with E-state index in [1.807, 2.05) is 48.3 Å². The van der Waals surface area contributed by atoms with Crippen LogP contribution in [0.15, 0.2) is 40.9 Å². The van der Waals surface area contributed by atoms with Crippen molar-refractivity contribution >= 4 is 0 Å². The maximum absolute atomic E-state index is 8.81. The molecule has 0 aliphatic heterocycles. The van der Waals surface area contributed by atoms with Gasteiger partial charge in [-0.2, -0.15) is 0 Å². The van der Waals surface area contributed by atoms with Crippen LogP contribution in [0.3, 0.4) is 0 Å². The van der Waals surface area contributed by atoms with Gasteiger partial charge in [0.15, 0.2) is 5.76 Å². The summed E-state index contributed by atoms with van der Waals surface area (Å²) in [5.41, 5.74) is 1.90. The van der Waals surface area contributed by atoms with Crippen LogP contribution in [0.5, 0.6) is 0 Å². The molecule has 17 heavy (non-hydrogen) atoms. The highest BCUT2D eigenvalue weighted by Crippen LogP contribution is 2.20. The number of benzene rings is 1. The van der Waals surface area contributed by atoms with Crippen molar-refractivity contribution in [3.05, 3.63) is 42.1 Å². The number of rotatable bonds is 5. The lowest BCUT2D eigenvalue weighted by atomic mass is 10.1. The number of likely N-dealkylation sites (N-methyl/N-ethyl adjacent to an activating group) is 1. The molecule has 0 amide bonds. The number of aliphatic hydroxyl groups excluding tert-OH is 1. The minimum Gasteiger partial charge on any atom is -0.395 e. The van der Waals surface area contributed by atoms with Crippen LogP contribution in [0, 0.1) is 0 Å². The molecule has 0 aliphatic rings. The summed E-state index contributed by atoms with van der Waals surface area (Å²) >= 11 is 0. The predicted molar refractivity (Wildman–Crippen MR) is 65.4 cm³/mol. The van der Waals surface area contributed by atoms with Gasteiger partial charge in [0.05, 0.1) is 12.3 Å². The predicted octanol–water partition coefficient (Wildman–Crippen LogP) is 1.77. The maximum Gasteiger partial charge on any atom is 0.167 e. The van der Waals surface area contributed by atoms with Gasteiger partial charge in [0.1, 0.15) is 0 Å². The van der Waals surface area contributed by atoms with Gasteiger partial charge in [0, 0.05) is 24.7 Å². The molecule has 0 atom stereocenters. The van der Waals surface area contributed by atoms with E-state index in [9.17, 15) is 0 Å². The minimum atomic E-state index is 0.153. The lowest BCUT2D eigenvalue weighted by Gasteiger charge is -2.11. The Morgan fingerprint density at radius 3 is 2.76 bits per heavy atom. The van der Waals surface area contributed by atoms with Gasteiger partial charge in [-0.25, -0.2) is 0 Å². The monoisotopic (exact) mass is 232 g/mol. The standard InChI is InChI=1S/C13H16N2O2/c1-15(7-8-16)10-12-9-13(17-14-12)11-5-3-2-4-6-11/h2-6,9,16H,7-8,10H2,1H3. The van der Waals surface area contributed by atoms with Gasteiger partial charge in [-0.15, -0.1) is 0 Å². The SMILES string of the molecule is CN(CCO)Cc1cc(-c2ccccc2)on1. The van der Waals surface area contributed by atoms with Crippen molar-refractivity contribution in [1.82, 2.24) is 10.1 Å². The zero-order chi connectivity index (χ0) is 12.1. The van der Waals surface area contributed by atoms with E-state index in [1.165, 1.54) is 0 Å². The van der Waals surface area contributed by atoms with Crippen molar-refractivity contribution in [3.63, 3.8) is 0 Å². The van der Waals surface area contributed by atoms with Crippen molar-refractivity contribution in [2.75, 3.05) is 20.2 Å². The first-order chi connectivity index (χ1) is 8.29. The molecule has 4 heteroatoms. The Labute approximate surface area is 100 Å². The Hall–Kier alpha value is -1.65. The lowest BCUT2D eigenvalue weighted by molar-refractivity contribution is 0.214. The van der Waals surface area contributed by atoms with Crippen LogP contribution in [0.4, 0.5) is 0 Å². The summed E-state index contributed by atoms with van der Waals surface area (Å²) in [6.07, 6.45) is 0. The fourth-order valence-electron chi connectivity index (χ4n) is 1.65. The summed E-state index contributed by atoms with van der Waals surface area (Å²) in [6, 6.07) is 11.8. The second kappa shape index (κ2) is 5.61. The largest absolute Gasteiger partial charge is 0.395 e. The first-order valence-electron chi connectivity index (χ1n) is 5.60. The number of hydrogen-bond donors (Lipinski definition) is 1. The molecule has 0 unspecified atom stereocenters. The van der Waals surface area contributed by atoms with Crippen LogP contribution in [0.1, 0.15) is 5.69 Å². The van der Waals surface area contributed by atoms with Gasteiger partial charge in [-0.05, 0) is 7.05 Å². The molecule has 0 bridgehead atoms. The van der Waals surface area contributed by atoms with Crippen molar-refractivity contribution in [1.29, 1.82) is 0 Å². The molecule has 0 saturated carbocycles. The minimum absolute atomic E-state index is 0.153. The van der Waals surface area contributed by atoms with E-state index in [0.29, 0.717) is 13.1 Å². The topological polar surface area (TPSA) is 49.5 Å². The van der Waals surface area contributed by atoms with Gasteiger partial charge in [0.25, 0.3) is 0 Å². The summed E-state index contributed by atoms with van der Waals surface area (Å²) in [7, 11) is 1.94. The van der Waals surface area contributed by atoms with Crippen molar-refractivity contribution in [2.45, 2.75) is 6.54 Å². The molecule has 0 spiro atoms. The molecule has 1 aromatic heterocycles. The molecule has 1 heterocycles. The molecule has 0 aliphatic carbocycles. The Bertz CT molecular complexity index is 453. The molecule has 0 saturated heterocycles. The Morgan fingerprint density at radius 1 is 1.29 bits per heavy atom. The first-order valence-corrected chi connectivity index (χ1v) is 5.60. The molecular weight excluding hydrogens is 216 g/mol. The van der Waals surface area contributed by atoms with Crippen molar-refractivity contribution in [3.8, 4) is 11.3 Å². The van der Waals surface area contributed by atoms with Crippen molar-refractivity contribution < 1.29 is 9.63 Å². The molecule has 1 N–H and O–H groups in total. The molecular formula is C13H16N2O2. The Kier molecular flexibility index (Phi) is 3.90. The highest BCUT2D eigenvalue weighted by Gasteiger charge is 2.08. The quantitative estimate of drug-likeness (QED) is 0.853. The van der Waals surface area contributed by atoms with Gasteiger partial charge >= 0.3 is 0 Å². The summed E-state index contributed by atoms with van der Waals surface area (Å²) in [4.78, 5) is 1.99. The number of aromatic nitrogens is 1. The zero-order valence-electron chi connectivity index (χ0n) is 9.84. The van der Waals surface area contributed by atoms with E-state index in [4.69, 9.17) is 9.63 Å². The highest BCUT2D eigenvalue weighted by molar-refractivity contribution is 5.56. The van der Waals surface area contributed by atoms with Gasteiger partial charge in [-0.3, -0.25) is 4.90 Å². The van der Waals surface area contributed by atoms with Gasteiger partial charge in [0.2, 0.25) is 0 Å². The van der Waals surface area contributed by atoms with E-state index in [-0.39, 0.29) is 6.61 Å². The fourth-order valence-corrected chi connectivity index (χ4v) is 1.65. The summed E-state index contributed by atoms with van der Waals surface area (Å²) in [6.45, 7) is 1.46. The van der Waals surface area contributed by atoms with E-state index in [2.05, 4.69) is 5.16 Å². The Morgan fingerprint density at radius 2 is 2.06 bits per heavy atom. The average Bonchev–Trinajstić information content (AvgIpc) is 2.79. The van der Waals surface area contributed by atoms with E-state index in [1.54, 1.807) is 0 Å². The molecule has 2 aromatic rings. The van der Waals surface area contributed by atoms with E-state index in [0.717, 1.165) is 17.0 Å². The van der Waals surface area contributed by atoms with Crippen LogP contribution < -0.4 is 0 Å². The number of aliphatic hydroxyl groups is 1. The maximum atomic E-state index is 8.81. The summed E-state index contributed by atoms with van der Waals surface area (Å²) in [5, 5.41) is 12.8. The van der Waals surface area contributed by atoms with Gasteiger partial charge < -0.3 is 9.63 Å². The molecule has 0 radical (unpaired) electrons. The molecule has 4 nitrogen and oxygen atoms in total. The summed E-state index contributed by atoms with van der Waals surface area (Å²) < 4.78 is 5.29. The Balaban J connectivity index is 2.06. The third kappa shape index (κ3) is 3.15. The van der Waals surface area contributed by atoms with Crippen LogP contribution in [-0.4, -0.2) is 35.4 Å². The number of nitrogens with zero attached hydrogens (tertiary/aromatic N) is 2. The summed E-state index contributed by atoms with van der Waals surface area (Å²) in [5.74, 6) is 0.776. The van der Waals surface area contributed by atoms with E-state index >= 15 is 0 Å². The highest BCUT2D eigenvalue weighted by atomic mass is 16.5. The van der Waals surface area contributed by atoms with E-state index < -0.39 is 0 Å². The third-order valence-corrected chi connectivity index (χ3v) is 2.53. The smallest absolute Gasteiger partial charge is 0.167 e. The number of hydrogen-bond acceptors (Lipinski definition) is 4. The second-order valence-corrected chi connectivity index (χ2v) is 4.01. The first kappa shape index (κ1) is 11.8. The van der Waals surface area contributed by atoms with Gasteiger partial charge in [-0.1, -0.05) is 35.5 Å². The second-order valence-electron chi connectivity index (χ2n) is 4.01. The van der Waals surface area contributed by atoms with Crippen LogP contribution in [0.25, 0.3) is 11.3 Å². The van der Waals surface area contributed by atoms with Crippen LogP contribution in [-0.2, 0) is 6.54 Å². The fraction of sp³-hybridized carbons (Fsp3) is 0.308. The lowest BCUT2D eigenvalue weighted by Crippen LogP contribution is -2.21. The third-order valence-electron chi connectivity index (χ3n) is 2.53. The molecule has 90 valence electrons. The average molecular weight is 232 g/mol. The molecule has 0 fully saturated rings.